The molecule has 0 spiro atoms. The molecule has 3 rings (SSSR count). The summed E-state index contributed by atoms with van der Waals surface area (Å²) >= 11 is 0.992. The molecular weight excluding hydrogens is 396 g/mol. The van der Waals surface area contributed by atoms with Gasteiger partial charge in [0.15, 0.2) is 0 Å². The van der Waals surface area contributed by atoms with E-state index in [2.05, 4.69) is 0 Å². The van der Waals surface area contributed by atoms with Crippen molar-refractivity contribution in [2.45, 2.75) is 12.6 Å². The number of hydrogen-bond donors (Lipinski definition) is 0. The van der Waals surface area contributed by atoms with Crippen LogP contribution in [-0.4, -0.2) is 16.9 Å². The van der Waals surface area contributed by atoms with Crippen molar-refractivity contribution in [2.24, 2.45) is 0 Å². The number of alkyl halides is 3. The Hall–Kier alpha value is -2.25. The third kappa shape index (κ3) is 4.28. The van der Waals surface area contributed by atoms with Gasteiger partial charge in [-0.1, -0.05) is 0 Å². The van der Waals surface area contributed by atoms with E-state index in [1.54, 1.807) is 6.07 Å². The molecule has 0 saturated heterocycles. The van der Waals surface area contributed by atoms with Crippen LogP contribution >= 0.6 is 0 Å². The Balaban J connectivity index is 2.10. The molecule has 0 N–H and O–H groups in total. The maximum absolute atomic E-state index is 13.3. The van der Waals surface area contributed by atoms with Gasteiger partial charge >= 0.3 is 160 Å². The zero-order valence-electron chi connectivity index (χ0n) is 14.0. The maximum atomic E-state index is 13.3. The van der Waals surface area contributed by atoms with Gasteiger partial charge < -0.3 is 0 Å². The second-order valence-electron chi connectivity index (χ2n) is 5.94. The van der Waals surface area contributed by atoms with Gasteiger partial charge in [-0.25, -0.2) is 0 Å². The van der Waals surface area contributed by atoms with Gasteiger partial charge in [-0.05, 0) is 0 Å². The van der Waals surface area contributed by atoms with Crippen molar-refractivity contribution in [3.05, 3.63) is 107 Å². The van der Waals surface area contributed by atoms with Crippen molar-refractivity contribution in [1.29, 1.82) is 0 Å². The van der Waals surface area contributed by atoms with E-state index in [0.29, 0.717) is 16.3 Å². The molecule has 132 valence electrons. The SMILES string of the molecule is FC(F)(F)c1cccc(C(=CCc2ccccc2)c2ccccc2)c1[AsH2]. The molecule has 1 unspecified atom stereocenters. The molecule has 0 bridgehead atoms. The average Bonchev–Trinajstić information content (AvgIpc) is 2.64. The fraction of sp³-hybridized carbons (Fsp3) is 0.0909. The van der Waals surface area contributed by atoms with Crippen molar-refractivity contribution < 1.29 is 13.2 Å². The monoisotopic (exact) mass is 414 g/mol. The Labute approximate surface area is 159 Å². The Bertz CT molecular complexity index is 898. The fourth-order valence-corrected chi connectivity index (χ4v) is 3.96. The van der Waals surface area contributed by atoms with Crippen LogP contribution in [-0.2, 0) is 12.6 Å². The summed E-state index contributed by atoms with van der Waals surface area (Å²) in [4.78, 5) is 0. The Morgan fingerprint density at radius 2 is 1.42 bits per heavy atom. The van der Waals surface area contributed by atoms with Crippen molar-refractivity contribution in [3.8, 4) is 0 Å². The Morgan fingerprint density at radius 3 is 2.04 bits per heavy atom. The van der Waals surface area contributed by atoms with Gasteiger partial charge in [0.25, 0.3) is 0 Å². The topological polar surface area (TPSA) is 0 Å². The van der Waals surface area contributed by atoms with Crippen LogP contribution in [0.4, 0.5) is 13.2 Å². The van der Waals surface area contributed by atoms with Gasteiger partial charge in [-0.2, -0.15) is 0 Å². The summed E-state index contributed by atoms with van der Waals surface area (Å²) in [5.74, 6) is 0. The zero-order valence-corrected chi connectivity index (χ0v) is 16.4. The molecule has 3 aromatic rings. The van der Waals surface area contributed by atoms with E-state index < -0.39 is 11.7 Å². The summed E-state index contributed by atoms with van der Waals surface area (Å²) in [5, 5.41) is 0. The standard InChI is InChI=1S/C22H18AsF3/c23-21-19(12-7-13-20(21)22(24,25)26)18(17-10-5-2-6-11-17)15-14-16-8-3-1-4-9-16/h1-13,15H,14,23H2. The molecule has 0 radical (unpaired) electrons. The van der Waals surface area contributed by atoms with E-state index in [-0.39, 0.29) is 0 Å². The fourth-order valence-electron chi connectivity index (χ4n) is 2.88. The van der Waals surface area contributed by atoms with E-state index >= 15 is 0 Å². The molecule has 0 saturated carbocycles. The summed E-state index contributed by atoms with van der Waals surface area (Å²) in [5.41, 5.74) is 2.95. The van der Waals surface area contributed by atoms with Crippen molar-refractivity contribution in [1.82, 2.24) is 0 Å². The zero-order chi connectivity index (χ0) is 18.6. The van der Waals surface area contributed by atoms with Crippen molar-refractivity contribution >= 4 is 26.8 Å². The van der Waals surface area contributed by atoms with E-state index in [1.807, 2.05) is 66.7 Å². The predicted octanol–water partition coefficient (Wildman–Crippen LogP) is 4.64. The normalized spacial score (nSPS) is 12.2. The minimum absolute atomic E-state index is 0.315. The number of rotatable bonds is 4. The third-order valence-corrected chi connectivity index (χ3v) is 5.48. The van der Waals surface area contributed by atoms with Crippen LogP contribution in [0.1, 0.15) is 22.3 Å². The third-order valence-electron chi connectivity index (χ3n) is 4.17. The quantitative estimate of drug-likeness (QED) is 0.546. The van der Waals surface area contributed by atoms with Crippen molar-refractivity contribution in [2.75, 3.05) is 0 Å². The summed E-state index contributed by atoms with van der Waals surface area (Å²) in [6.45, 7) is 0. The first-order chi connectivity index (χ1) is 12.5. The van der Waals surface area contributed by atoms with Gasteiger partial charge in [0, 0.05) is 0 Å². The predicted molar refractivity (Wildman–Crippen MR) is 103 cm³/mol. The van der Waals surface area contributed by atoms with E-state index in [0.717, 1.165) is 39.6 Å². The molecule has 0 aliphatic carbocycles. The first kappa shape index (κ1) is 18.5. The van der Waals surface area contributed by atoms with Crippen LogP contribution < -0.4 is 4.35 Å². The van der Waals surface area contributed by atoms with Crippen LogP contribution in [0.5, 0.6) is 0 Å². The molecule has 0 aliphatic heterocycles. The first-order valence-corrected chi connectivity index (χ1v) is 9.43. The molecule has 26 heavy (non-hydrogen) atoms. The molecule has 3 aromatic carbocycles. The average molecular weight is 414 g/mol. The van der Waals surface area contributed by atoms with Crippen molar-refractivity contribution in [3.63, 3.8) is 0 Å². The summed E-state index contributed by atoms with van der Waals surface area (Å²) in [6, 6.07) is 23.9. The molecule has 0 aliphatic rings. The summed E-state index contributed by atoms with van der Waals surface area (Å²) in [6.07, 6.45) is -1.67. The number of benzene rings is 3. The van der Waals surface area contributed by atoms with Gasteiger partial charge in [-0.3, -0.25) is 0 Å². The van der Waals surface area contributed by atoms with Crippen LogP contribution in [0, 0.1) is 0 Å². The molecular formula is C22H18AsF3. The molecule has 0 fully saturated rings. The van der Waals surface area contributed by atoms with Crippen LogP contribution in [0.15, 0.2) is 84.9 Å². The van der Waals surface area contributed by atoms with Gasteiger partial charge in [0.2, 0.25) is 0 Å². The Morgan fingerprint density at radius 1 is 0.808 bits per heavy atom. The molecule has 0 aromatic heterocycles. The minimum atomic E-state index is -4.34. The van der Waals surface area contributed by atoms with E-state index in [1.165, 1.54) is 6.07 Å². The number of halogens is 3. The van der Waals surface area contributed by atoms with E-state index in [4.69, 9.17) is 0 Å². The number of hydrogen-bond acceptors (Lipinski definition) is 0. The van der Waals surface area contributed by atoms with Crippen LogP contribution in [0.2, 0.25) is 0 Å². The van der Waals surface area contributed by atoms with Crippen LogP contribution in [0.3, 0.4) is 0 Å². The second-order valence-corrected chi connectivity index (χ2v) is 7.15. The first-order valence-electron chi connectivity index (χ1n) is 8.22. The summed E-state index contributed by atoms with van der Waals surface area (Å²) < 4.78 is 40.3. The second kappa shape index (κ2) is 7.97. The van der Waals surface area contributed by atoms with Crippen LogP contribution in [0.25, 0.3) is 5.57 Å². The Kier molecular flexibility index (Phi) is 5.68. The molecule has 0 amide bonds. The van der Waals surface area contributed by atoms with Gasteiger partial charge in [0.1, 0.15) is 0 Å². The molecule has 1 atom stereocenters. The molecule has 0 heterocycles. The molecule has 4 heteroatoms. The van der Waals surface area contributed by atoms with E-state index in [9.17, 15) is 13.2 Å². The van der Waals surface area contributed by atoms with Gasteiger partial charge in [0.05, 0.1) is 0 Å². The summed E-state index contributed by atoms with van der Waals surface area (Å²) in [7, 11) is 0. The van der Waals surface area contributed by atoms with Gasteiger partial charge in [-0.15, -0.1) is 0 Å². The molecule has 0 nitrogen and oxygen atoms in total. The number of allylic oxidation sites excluding steroid dienone is 1.